The lowest BCUT2D eigenvalue weighted by atomic mass is 10.4. The van der Waals surface area contributed by atoms with Crippen LogP contribution in [-0.4, -0.2) is 24.6 Å². The summed E-state index contributed by atoms with van der Waals surface area (Å²) in [5.41, 5.74) is 0.843. The highest BCUT2D eigenvalue weighted by atomic mass is 32.1. The fourth-order valence-electron chi connectivity index (χ4n) is 1.76. The van der Waals surface area contributed by atoms with Crippen LogP contribution in [0.3, 0.4) is 0 Å². The molecule has 0 unspecified atom stereocenters. The normalized spacial score (nSPS) is 16.0. The van der Waals surface area contributed by atoms with Crippen LogP contribution in [-0.2, 0) is 0 Å². The van der Waals surface area contributed by atoms with Gasteiger partial charge in [0.1, 0.15) is 11.5 Å². The Labute approximate surface area is 95.2 Å². The zero-order valence-corrected chi connectivity index (χ0v) is 9.24. The summed E-state index contributed by atoms with van der Waals surface area (Å²) in [5.74, 6) is 2.31. The molecule has 3 aromatic rings. The number of aromatic nitrogens is 5. The zero-order valence-electron chi connectivity index (χ0n) is 8.42. The maximum absolute atomic E-state index is 4.48. The van der Waals surface area contributed by atoms with E-state index in [4.69, 9.17) is 0 Å². The maximum atomic E-state index is 4.48. The summed E-state index contributed by atoms with van der Waals surface area (Å²) in [4.78, 5) is 9.93. The van der Waals surface area contributed by atoms with Crippen LogP contribution in [0.15, 0.2) is 17.8 Å². The fraction of sp³-hybridized carbons (Fsp3) is 0.300. The van der Waals surface area contributed by atoms with E-state index in [1.807, 2.05) is 22.2 Å². The Morgan fingerprint density at radius 1 is 1.38 bits per heavy atom. The summed E-state index contributed by atoms with van der Waals surface area (Å²) in [7, 11) is 0. The Balaban J connectivity index is 1.79. The Kier molecular flexibility index (Phi) is 1.54. The first-order chi connectivity index (χ1) is 7.90. The van der Waals surface area contributed by atoms with Crippen LogP contribution >= 0.6 is 11.3 Å². The predicted molar refractivity (Wildman–Crippen MR) is 60.4 cm³/mol. The van der Waals surface area contributed by atoms with Crippen LogP contribution in [0.4, 0.5) is 0 Å². The first-order valence-corrected chi connectivity index (χ1v) is 6.13. The smallest absolute Gasteiger partial charge is 0.201 e. The van der Waals surface area contributed by atoms with Gasteiger partial charge in [0.15, 0.2) is 4.96 Å². The van der Waals surface area contributed by atoms with Gasteiger partial charge in [-0.1, -0.05) is 0 Å². The Morgan fingerprint density at radius 3 is 3.12 bits per heavy atom. The van der Waals surface area contributed by atoms with E-state index in [1.54, 1.807) is 11.3 Å². The average Bonchev–Trinajstić information content (AvgIpc) is 2.75. The molecule has 0 spiro atoms. The van der Waals surface area contributed by atoms with Crippen molar-refractivity contribution in [3.05, 3.63) is 23.6 Å². The largest absolute Gasteiger partial charge is 0.297 e. The van der Waals surface area contributed by atoms with Crippen LogP contribution in [0.5, 0.6) is 0 Å². The van der Waals surface area contributed by atoms with Crippen LogP contribution < -0.4 is 0 Å². The third-order valence-electron chi connectivity index (χ3n) is 2.79. The molecular weight excluding hydrogens is 222 g/mol. The molecule has 0 aliphatic heterocycles. The van der Waals surface area contributed by atoms with Crippen LogP contribution in [0.25, 0.3) is 16.5 Å². The number of H-pyrrole nitrogens is 1. The van der Waals surface area contributed by atoms with Gasteiger partial charge in [-0.05, 0) is 12.8 Å². The third kappa shape index (κ3) is 1.19. The van der Waals surface area contributed by atoms with Gasteiger partial charge in [-0.2, -0.15) is 5.10 Å². The molecule has 0 aromatic carbocycles. The van der Waals surface area contributed by atoms with Gasteiger partial charge >= 0.3 is 0 Å². The Hall–Kier alpha value is -1.69. The van der Waals surface area contributed by atoms with E-state index < -0.39 is 0 Å². The number of fused-ring (bicyclic) bond motifs is 1. The number of nitrogens with zero attached hydrogens (tertiary/aromatic N) is 4. The van der Waals surface area contributed by atoms with Gasteiger partial charge in [-0.25, -0.2) is 9.97 Å². The van der Waals surface area contributed by atoms with Crippen LogP contribution in [0.1, 0.15) is 24.6 Å². The lowest BCUT2D eigenvalue weighted by molar-refractivity contribution is 0.935. The Bertz CT molecular complexity index is 616. The summed E-state index contributed by atoms with van der Waals surface area (Å²) in [6.45, 7) is 0. The summed E-state index contributed by atoms with van der Waals surface area (Å²) >= 11 is 1.61. The fourth-order valence-corrected chi connectivity index (χ4v) is 2.46. The molecule has 16 heavy (non-hydrogen) atoms. The highest BCUT2D eigenvalue weighted by molar-refractivity contribution is 7.15. The van der Waals surface area contributed by atoms with Gasteiger partial charge < -0.3 is 0 Å². The second kappa shape index (κ2) is 2.91. The SMILES string of the molecule is c1cn2cc(-c3n[nH]c(C4CC4)n3)nc2s1. The van der Waals surface area contributed by atoms with Crippen molar-refractivity contribution >= 4 is 16.3 Å². The molecule has 0 bridgehead atoms. The molecule has 0 amide bonds. The topological polar surface area (TPSA) is 58.9 Å². The van der Waals surface area contributed by atoms with Crippen molar-refractivity contribution < 1.29 is 0 Å². The van der Waals surface area contributed by atoms with E-state index in [0.29, 0.717) is 11.7 Å². The molecule has 3 heterocycles. The number of nitrogens with one attached hydrogen (secondary N) is 1. The van der Waals surface area contributed by atoms with Gasteiger partial charge in [-0.3, -0.25) is 9.50 Å². The molecule has 1 aliphatic rings. The molecule has 1 N–H and O–H groups in total. The lowest BCUT2D eigenvalue weighted by Crippen LogP contribution is -1.82. The minimum atomic E-state index is 0.602. The van der Waals surface area contributed by atoms with Gasteiger partial charge in [0.2, 0.25) is 5.82 Å². The minimum Gasteiger partial charge on any atom is -0.297 e. The Morgan fingerprint density at radius 2 is 2.31 bits per heavy atom. The van der Waals surface area contributed by atoms with E-state index in [9.17, 15) is 0 Å². The maximum Gasteiger partial charge on any atom is 0.201 e. The molecule has 1 fully saturated rings. The average molecular weight is 231 g/mol. The van der Waals surface area contributed by atoms with Crippen molar-refractivity contribution in [3.63, 3.8) is 0 Å². The van der Waals surface area contributed by atoms with E-state index in [-0.39, 0.29) is 0 Å². The molecule has 0 radical (unpaired) electrons. The number of thiazole rings is 1. The molecule has 0 saturated heterocycles. The lowest BCUT2D eigenvalue weighted by Gasteiger charge is -1.84. The standard InChI is InChI=1S/C10H9N5S/c1-2-6(1)8-12-9(14-13-8)7-5-15-3-4-16-10(15)11-7/h3-6H,1-2H2,(H,12,13,14). The van der Waals surface area contributed by atoms with E-state index in [1.165, 1.54) is 12.8 Å². The second-order valence-electron chi connectivity index (χ2n) is 4.04. The van der Waals surface area contributed by atoms with Crippen molar-refractivity contribution in [2.24, 2.45) is 0 Å². The van der Waals surface area contributed by atoms with Crippen LogP contribution in [0, 0.1) is 0 Å². The zero-order chi connectivity index (χ0) is 10.5. The van der Waals surface area contributed by atoms with E-state index in [0.717, 1.165) is 16.5 Å². The second-order valence-corrected chi connectivity index (χ2v) is 4.91. The summed E-state index contributed by atoms with van der Waals surface area (Å²) in [6, 6.07) is 0. The van der Waals surface area contributed by atoms with Gasteiger partial charge in [0.05, 0.1) is 0 Å². The van der Waals surface area contributed by atoms with Crippen molar-refractivity contribution in [1.29, 1.82) is 0 Å². The highest BCUT2D eigenvalue weighted by Gasteiger charge is 2.27. The molecule has 0 atom stereocenters. The van der Waals surface area contributed by atoms with E-state index >= 15 is 0 Å². The summed E-state index contributed by atoms with van der Waals surface area (Å²) < 4.78 is 1.99. The van der Waals surface area contributed by atoms with Crippen molar-refractivity contribution in [3.8, 4) is 11.5 Å². The van der Waals surface area contributed by atoms with Gasteiger partial charge in [-0.15, -0.1) is 11.3 Å². The molecule has 1 aliphatic carbocycles. The number of hydrogen-bond donors (Lipinski definition) is 1. The molecule has 4 rings (SSSR count). The van der Waals surface area contributed by atoms with Gasteiger partial charge in [0.25, 0.3) is 0 Å². The predicted octanol–water partition coefficient (Wildman–Crippen LogP) is 2.06. The molecule has 80 valence electrons. The first kappa shape index (κ1) is 8.46. The highest BCUT2D eigenvalue weighted by Crippen LogP contribution is 2.38. The van der Waals surface area contributed by atoms with Crippen LogP contribution in [0.2, 0.25) is 0 Å². The number of hydrogen-bond acceptors (Lipinski definition) is 4. The van der Waals surface area contributed by atoms with Crippen molar-refractivity contribution in [1.82, 2.24) is 24.6 Å². The third-order valence-corrected chi connectivity index (χ3v) is 3.56. The van der Waals surface area contributed by atoms with E-state index in [2.05, 4.69) is 20.2 Å². The number of imidazole rings is 1. The molecule has 1 saturated carbocycles. The molecule has 5 nitrogen and oxygen atoms in total. The van der Waals surface area contributed by atoms with Crippen molar-refractivity contribution in [2.45, 2.75) is 18.8 Å². The number of aromatic amines is 1. The molecular formula is C10H9N5S. The summed E-state index contributed by atoms with van der Waals surface area (Å²) in [5, 5.41) is 9.22. The first-order valence-electron chi connectivity index (χ1n) is 5.25. The van der Waals surface area contributed by atoms with Gasteiger partial charge in [0, 0.05) is 23.7 Å². The minimum absolute atomic E-state index is 0.602. The monoisotopic (exact) mass is 231 g/mol. The molecule has 3 aromatic heterocycles. The van der Waals surface area contributed by atoms with Crippen molar-refractivity contribution in [2.75, 3.05) is 0 Å². The summed E-state index contributed by atoms with van der Waals surface area (Å²) in [6.07, 6.45) is 6.41. The molecule has 6 heteroatoms. The quantitative estimate of drug-likeness (QED) is 0.734. The number of rotatable bonds is 2.